The molecule has 0 saturated carbocycles. The normalized spacial score (nSPS) is 17.2. The zero-order valence-electron chi connectivity index (χ0n) is 12.4. The average Bonchev–Trinajstić information content (AvgIpc) is 3.09. The number of aliphatic hydroxyl groups is 1. The van der Waals surface area contributed by atoms with E-state index in [4.69, 9.17) is 5.73 Å². The van der Waals surface area contributed by atoms with Crippen molar-refractivity contribution in [3.05, 3.63) is 65.7 Å². The summed E-state index contributed by atoms with van der Waals surface area (Å²) in [6, 6.07) is 16.3. The molecule has 1 aliphatic heterocycles. The predicted octanol–water partition coefficient (Wildman–Crippen LogP) is 2.01. The Hall–Kier alpha value is -2.33. The molecule has 2 aromatic carbocycles. The highest BCUT2D eigenvalue weighted by Gasteiger charge is 2.38. The highest BCUT2D eigenvalue weighted by Crippen LogP contribution is 2.32. The van der Waals surface area contributed by atoms with Gasteiger partial charge < -0.3 is 15.7 Å². The molecule has 0 bridgehead atoms. The van der Waals surface area contributed by atoms with Gasteiger partial charge in [-0.25, -0.2) is 0 Å². The highest BCUT2D eigenvalue weighted by atomic mass is 16.3. The zero-order valence-corrected chi connectivity index (χ0v) is 12.4. The van der Waals surface area contributed by atoms with E-state index < -0.39 is 11.5 Å². The van der Waals surface area contributed by atoms with Crippen molar-refractivity contribution in [3.63, 3.8) is 0 Å². The number of nitrogens with zero attached hydrogens (tertiary/aromatic N) is 1. The molecule has 1 atom stereocenters. The minimum atomic E-state index is -1.81. The van der Waals surface area contributed by atoms with Crippen LogP contribution in [0.4, 0.5) is 5.69 Å². The van der Waals surface area contributed by atoms with E-state index >= 15 is 0 Å². The molecular formula is C18H20N2O2. The maximum absolute atomic E-state index is 12.0. The summed E-state index contributed by atoms with van der Waals surface area (Å²) in [6.07, 6.45) is 2.34. The van der Waals surface area contributed by atoms with Gasteiger partial charge in [-0.3, -0.25) is 4.79 Å². The third-order valence-electron chi connectivity index (χ3n) is 4.28. The first-order chi connectivity index (χ1) is 10.6. The molecule has 1 saturated heterocycles. The Labute approximate surface area is 130 Å². The van der Waals surface area contributed by atoms with Gasteiger partial charge in [0.15, 0.2) is 5.60 Å². The molecule has 1 heterocycles. The number of carbonyl (C=O) groups is 1. The first kappa shape index (κ1) is 14.6. The van der Waals surface area contributed by atoms with Gasteiger partial charge in [-0.1, -0.05) is 42.5 Å². The topological polar surface area (TPSA) is 66.6 Å². The summed E-state index contributed by atoms with van der Waals surface area (Å²) in [5, 5.41) is 11.0. The van der Waals surface area contributed by atoms with Gasteiger partial charge in [0.25, 0.3) is 5.91 Å². The van der Waals surface area contributed by atoms with E-state index in [0.717, 1.165) is 18.8 Å². The summed E-state index contributed by atoms with van der Waals surface area (Å²) in [7, 11) is 0. The van der Waals surface area contributed by atoms with E-state index in [-0.39, 0.29) is 0 Å². The molecule has 1 fully saturated rings. The molecule has 4 heteroatoms. The van der Waals surface area contributed by atoms with Gasteiger partial charge in [0, 0.05) is 18.8 Å². The van der Waals surface area contributed by atoms with Crippen molar-refractivity contribution in [2.75, 3.05) is 18.0 Å². The predicted molar refractivity (Wildman–Crippen MR) is 86.5 cm³/mol. The van der Waals surface area contributed by atoms with E-state index in [2.05, 4.69) is 4.90 Å². The quantitative estimate of drug-likeness (QED) is 0.907. The number of hydrogen-bond acceptors (Lipinski definition) is 3. The second kappa shape index (κ2) is 5.81. The second-order valence-electron chi connectivity index (χ2n) is 5.69. The third-order valence-corrected chi connectivity index (χ3v) is 4.28. The van der Waals surface area contributed by atoms with Gasteiger partial charge >= 0.3 is 0 Å². The lowest BCUT2D eigenvalue weighted by molar-refractivity contribution is -0.133. The summed E-state index contributed by atoms with van der Waals surface area (Å²) in [4.78, 5) is 14.3. The number of benzene rings is 2. The fourth-order valence-corrected chi connectivity index (χ4v) is 3.03. The lowest BCUT2D eigenvalue weighted by Gasteiger charge is -2.27. The summed E-state index contributed by atoms with van der Waals surface area (Å²) in [5.41, 5.74) is 5.74. The average molecular weight is 296 g/mol. The van der Waals surface area contributed by atoms with Crippen molar-refractivity contribution >= 4 is 11.6 Å². The highest BCUT2D eigenvalue weighted by molar-refractivity contribution is 5.89. The molecule has 0 aromatic heterocycles. The van der Waals surface area contributed by atoms with Gasteiger partial charge in [-0.2, -0.15) is 0 Å². The number of hydrogen-bond donors (Lipinski definition) is 2. The molecule has 1 aliphatic rings. The van der Waals surface area contributed by atoms with Crippen molar-refractivity contribution in [3.8, 4) is 0 Å². The monoisotopic (exact) mass is 296 g/mol. The minimum Gasteiger partial charge on any atom is -0.372 e. The van der Waals surface area contributed by atoms with Crippen LogP contribution in [0.1, 0.15) is 24.0 Å². The minimum absolute atomic E-state index is 0.487. The number of carbonyl (C=O) groups excluding carboxylic acids is 1. The Kier molecular flexibility index (Phi) is 3.86. The first-order valence-corrected chi connectivity index (χ1v) is 7.55. The summed E-state index contributed by atoms with van der Waals surface area (Å²) >= 11 is 0. The van der Waals surface area contributed by atoms with E-state index in [0.29, 0.717) is 11.1 Å². The van der Waals surface area contributed by atoms with Crippen LogP contribution >= 0.6 is 0 Å². The molecule has 114 valence electrons. The van der Waals surface area contributed by atoms with Crippen molar-refractivity contribution in [2.24, 2.45) is 5.73 Å². The van der Waals surface area contributed by atoms with E-state index in [1.807, 2.05) is 24.3 Å². The van der Waals surface area contributed by atoms with Crippen LogP contribution in [0.2, 0.25) is 0 Å². The van der Waals surface area contributed by atoms with Crippen LogP contribution in [0.25, 0.3) is 0 Å². The fraction of sp³-hybridized carbons (Fsp3) is 0.278. The van der Waals surface area contributed by atoms with Crippen LogP contribution < -0.4 is 10.6 Å². The summed E-state index contributed by atoms with van der Waals surface area (Å²) in [5.74, 6) is -0.766. The Morgan fingerprint density at radius 3 is 2.27 bits per heavy atom. The van der Waals surface area contributed by atoms with Crippen LogP contribution in [-0.2, 0) is 10.4 Å². The van der Waals surface area contributed by atoms with Gasteiger partial charge in [0.2, 0.25) is 0 Å². The lowest BCUT2D eigenvalue weighted by atomic mass is 9.85. The zero-order chi connectivity index (χ0) is 15.6. The standard InChI is InChI=1S/C18H20N2O2/c19-17(21)18(22,14-7-2-1-3-8-14)15-9-6-10-16(13-15)20-11-4-5-12-20/h1-3,6-10,13,22H,4-5,11-12H2,(H2,19,21). The van der Waals surface area contributed by atoms with Gasteiger partial charge in [0.1, 0.15) is 0 Å². The van der Waals surface area contributed by atoms with Gasteiger partial charge in [0.05, 0.1) is 0 Å². The molecule has 3 N–H and O–H groups in total. The molecule has 22 heavy (non-hydrogen) atoms. The molecule has 3 rings (SSSR count). The van der Waals surface area contributed by atoms with Crippen LogP contribution in [0.15, 0.2) is 54.6 Å². The van der Waals surface area contributed by atoms with Crippen LogP contribution in [0.5, 0.6) is 0 Å². The summed E-state index contributed by atoms with van der Waals surface area (Å²) in [6.45, 7) is 2.01. The van der Waals surface area contributed by atoms with Crippen LogP contribution in [-0.4, -0.2) is 24.1 Å². The largest absolute Gasteiger partial charge is 0.372 e. The Morgan fingerprint density at radius 1 is 1.00 bits per heavy atom. The number of rotatable bonds is 4. The molecule has 1 unspecified atom stereocenters. The van der Waals surface area contributed by atoms with Gasteiger partial charge in [-0.05, 0) is 36.1 Å². The second-order valence-corrected chi connectivity index (χ2v) is 5.69. The molecule has 0 spiro atoms. The van der Waals surface area contributed by atoms with E-state index in [1.54, 1.807) is 30.3 Å². The number of anilines is 1. The van der Waals surface area contributed by atoms with E-state index in [1.165, 1.54) is 12.8 Å². The molecule has 2 aromatic rings. The van der Waals surface area contributed by atoms with Gasteiger partial charge in [-0.15, -0.1) is 0 Å². The third kappa shape index (κ3) is 2.46. The maximum Gasteiger partial charge on any atom is 0.258 e. The number of amides is 1. The van der Waals surface area contributed by atoms with Crippen molar-refractivity contribution in [1.82, 2.24) is 0 Å². The number of nitrogens with two attached hydrogens (primary N) is 1. The lowest BCUT2D eigenvalue weighted by Crippen LogP contribution is -2.42. The Bertz CT molecular complexity index is 666. The van der Waals surface area contributed by atoms with Crippen LogP contribution in [0.3, 0.4) is 0 Å². The Balaban J connectivity index is 2.06. The fourth-order valence-electron chi connectivity index (χ4n) is 3.03. The summed E-state index contributed by atoms with van der Waals surface area (Å²) < 4.78 is 0. The molecule has 1 amide bonds. The first-order valence-electron chi connectivity index (χ1n) is 7.55. The smallest absolute Gasteiger partial charge is 0.258 e. The Morgan fingerprint density at radius 2 is 1.64 bits per heavy atom. The molecule has 4 nitrogen and oxygen atoms in total. The van der Waals surface area contributed by atoms with E-state index in [9.17, 15) is 9.90 Å². The van der Waals surface area contributed by atoms with Crippen molar-refractivity contribution in [1.29, 1.82) is 0 Å². The van der Waals surface area contributed by atoms with Crippen molar-refractivity contribution in [2.45, 2.75) is 18.4 Å². The van der Waals surface area contributed by atoms with Crippen LogP contribution in [0, 0.1) is 0 Å². The molecule has 0 aliphatic carbocycles. The SMILES string of the molecule is NC(=O)C(O)(c1ccccc1)c1cccc(N2CCCC2)c1. The molecular weight excluding hydrogens is 276 g/mol. The number of primary amides is 1. The van der Waals surface area contributed by atoms with Crippen molar-refractivity contribution < 1.29 is 9.90 Å². The molecule has 0 radical (unpaired) electrons. The maximum atomic E-state index is 12.0.